The summed E-state index contributed by atoms with van der Waals surface area (Å²) in [6, 6.07) is 13.4. The van der Waals surface area contributed by atoms with E-state index >= 15 is 0 Å². The highest BCUT2D eigenvalue weighted by Crippen LogP contribution is 2.40. The molecule has 0 spiro atoms. The molecular formula is C28H29Cl2F2N3O3. The van der Waals surface area contributed by atoms with Gasteiger partial charge >= 0.3 is 6.61 Å². The van der Waals surface area contributed by atoms with Crippen molar-refractivity contribution in [2.24, 2.45) is 0 Å². The summed E-state index contributed by atoms with van der Waals surface area (Å²) in [5.41, 5.74) is 1.20. The third kappa shape index (κ3) is 5.72. The third-order valence-corrected chi connectivity index (χ3v) is 7.48. The minimum absolute atomic E-state index is 0.0222. The van der Waals surface area contributed by atoms with Crippen LogP contribution in [0.5, 0.6) is 5.75 Å². The van der Waals surface area contributed by atoms with Crippen LogP contribution in [-0.2, 0) is 10.2 Å². The summed E-state index contributed by atoms with van der Waals surface area (Å²) in [6.45, 7) is 1.15. The van der Waals surface area contributed by atoms with E-state index in [-0.39, 0.29) is 29.3 Å². The fraction of sp³-hybridized carbons (Fsp3) is 0.357. The van der Waals surface area contributed by atoms with Gasteiger partial charge in [-0.1, -0.05) is 41.4 Å². The van der Waals surface area contributed by atoms with Gasteiger partial charge in [-0.05, 0) is 62.6 Å². The summed E-state index contributed by atoms with van der Waals surface area (Å²) in [6.07, 6.45) is 3.43. The van der Waals surface area contributed by atoms with Crippen LogP contribution in [0.4, 0.5) is 20.3 Å². The Bertz CT molecular complexity index is 1320. The number of pyridine rings is 1. The quantitative estimate of drug-likeness (QED) is 0.336. The smallest absolute Gasteiger partial charge is 0.387 e. The molecule has 1 aromatic heterocycles. The number of aromatic nitrogens is 1. The monoisotopic (exact) mass is 563 g/mol. The number of amides is 1. The lowest BCUT2D eigenvalue weighted by Gasteiger charge is -2.32. The minimum Gasteiger partial charge on any atom is -0.435 e. The summed E-state index contributed by atoms with van der Waals surface area (Å²) < 4.78 is 30.2. The number of rotatable bonds is 8. The van der Waals surface area contributed by atoms with E-state index in [1.807, 2.05) is 24.3 Å². The average Bonchev–Trinajstić information content (AvgIpc) is 3.36. The van der Waals surface area contributed by atoms with Gasteiger partial charge in [-0.25, -0.2) is 4.98 Å². The van der Waals surface area contributed by atoms with Gasteiger partial charge in [0.25, 0.3) is 0 Å². The normalized spacial score (nSPS) is 15.7. The topological polar surface area (TPSA) is 65.9 Å². The fourth-order valence-electron chi connectivity index (χ4n) is 4.83. The van der Waals surface area contributed by atoms with Crippen molar-refractivity contribution in [3.8, 4) is 16.9 Å². The number of halogens is 4. The van der Waals surface area contributed by atoms with Crippen LogP contribution in [0.1, 0.15) is 32.3 Å². The number of carbonyl (C=O) groups excluding carboxylic acids is 1. The summed E-state index contributed by atoms with van der Waals surface area (Å²) in [7, 11) is 1.63. The lowest BCUT2D eigenvalue weighted by atomic mass is 9.83. The van der Waals surface area contributed by atoms with Crippen LogP contribution in [0.15, 0.2) is 54.7 Å². The maximum Gasteiger partial charge on any atom is 0.387 e. The SMILES string of the molecule is CN(C(=O)C(C)(C)c1cc(Cl)cc(OC(F)F)c1)c1cnc(N2CCC[C@H]2CO)cc1-c1ccccc1Cl. The van der Waals surface area contributed by atoms with Crippen LogP contribution in [0.2, 0.25) is 10.0 Å². The van der Waals surface area contributed by atoms with E-state index < -0.39 is 12.0 Å². The molecule has 0 saturated carbocycles. The Labute approximate surface area is 230 Å². The summed E-state index contributed by atoms with van der Waals surface area (Å²) >= 11 is 12.7. The van der Waals surface area contributed by atoms with Crippen molar-refractivity contribution < 1.29 is 23.4 Å². The van der Waals surface area contributed by atoms with Gasteiger partial charge in [0.05, 0.1) is 29.9 Å². The number of likely N-dealkylation sites (N-methyl/N-ethyl adjacent to an activating group) is 1. The highest BCUT2D eigenvalue weighted by molar-refractivity contribution is 6.33. The molecule has 2 heterocycles. The third-order valence-electron chi connectivity index (χ3n) is 6.93. The van der Waals surface area contributed by atoms with Crippen molar-refractivity contribution >= 4 is 40.6 Å². The Balaban J connectivity index is 1.76. The van der Waals surface area contributed by atoms with Crippen LogP contribution in [0, 0.1) is 0 Å². The molecule has 0 radical (unpaired) electrons. The number of carbonyl (C=O) groups is 1. The molecular weight excluding hydrogens is 535 g/mol. The predicted octanol–water partition coefficient (Wildman–Crippen LogP) is 6.56. The molecule has 6 nitrogen and oxygen atoms in total. The molecule has 1 aliphatic heterocycles. The molecule has 38 heavy (non-hydrogen) atoms. The number of alkyl halides is 2. The lowest BCUT2D eigenvalue weighted by Crippen LogP contribution is -2.42. The molecule has 1 amide bonds. The van der Waals surface area contributed by atoms with Gasteiger partial charge in [-0.2, -0.15) is 8.78 Å². The zero-order chi connectivity index (χ0) is 27.6. The Morgan fingerprint density at radius 2 is 1.95 bits per heavy atom. The molecule has 1 atom stereocenters. The molecule has 0 bridgehead atoms. The first-order chi connectivity index (χ1) is 18.0. The highest BCUT2D eigenvalue weighted by Gasteiger charge is 2.35. The molecule has 0 aliphatic carbocycles. The van der Waals surface area contributed by atoms with Gasteiger partial charge in [0, 0.05) is 34.8 Å². The van der Waals surface area contributed by atoms with Crippen molar-refractivity contribution in [3.63, 3.8) is 0 Å². The van der Waals surface area contributed by atoms with E-state index in [0.29, 0.717) is 27.7 Å². The molecule has 3 aromatic rings. The Hall–Kier alpha value is -2.94. The molecule has 0 unspecified atom stereocenters. The van der Waals surface area contributed by atoms with Crippen LogP contribution in [0.25, 0.3) is 11.1 Å². The van der Waals surface area contributed by atoms with Gasteiger partial charge in [0.15, 0.2) is 0 Å². The van der Waals surface area contributed by atoms with Crippen LogP contribution in [-0.4, -0.2) is 48.9 Å². The Morgan fingerprint density at radius 3 is 2.63 bits per heavy atom. The molecule has 1 fully saturated rings. The van der Waals surface area contributed by atoms with E-state index in [2.05, 4.69) is 14.6 Å². The highest BCUT2D eigenvalue weighted by atomic mass is 35.5. The number of ether oxygens (including phenoxy) is 1. The largest absolute Gasteiger partial charge is 0.435 e. The minimum atomic E-state index is -3.02. The van der Waals surface area contributed by atoms with E-state index in [0.717, 1.165) is 24.9 Å². The predicted molar refractivity (Wildman–Crippen MR) is 147 cm³/mol. The standard InChI is InChI=1S/C28H29Cl2F2N3O3/c1-28(2,17-11-18(29)13-20(12-17)38-27(31)32)26(37)34(3)24-15-33-25(35-10-6-7-19(35)16-36)14-22(24)21-8-4-5-9-23(21)30/h4-5,8-9,11-15,19,27,36H,6-7,10,16H2,1-3H3/t19-/m0/s1. The summed E-state index contributed by atoms with van der Waals surface area (Å²) in [4.78, 5) is 22.1. The molecule has 2 aromatic carbocycles. The van der Waals surface area contributed by atoms with E-state index in [1.165, 1.54) is 17.0 Å². The number of anilines is 2. The number of aliphatic hydroxyl groups excluding tert-OH is 1. The van der Waals surface area contributed by atoms with Crippen molar-refractivity contribution in [3.05, 3.63) is 70.3 Å². The Kier molecular flexibility index (Phi) is 8.45. The maximum atomic E-state index is 13.9. The zero-order valence-electron chi connectivity index (χ0n) is 21.3. The van der Waals surface area contributed by atoms with E-state index in [9.17, 15) is 18.7 Å². The zero-order valence-corrected chi connectivity index (χ0v) is 22.8. The second-order valence-corrected chi connectivity index (χ2v) is 10.6. The molecule has 1 saturated heterocycles. The maximum absolute atomic E-state index is 13.9. The van der Waals surface area contributed by atoms with Crippen molar-refractivity contribution in [2.75, 3.05) is 30.0 Å². The van der Waals surface area contributed by atoms with Crippen LogP contribution in [0.3, 0.4) is 0 Å². The second kappa shape index (κ2) is 11.4. The molecule has 10 heteroatoms. The van der Waals surface area contributed by atoms with Gasteiger partial charge in [0.2, 0.25) is 5.91 Å². The van der Waals surface area contributed by atoms with Gasteiger partial charge in [-0.3, -0.25) is 4.79 Å². The van der Waals surface area contributed by atoms with Crippen LogP contribution >= 0.6 is 23.2 Å². The first-order valence-corrected chi connectivity index (χ1v) is 12.9. The number of benzene rings is 2. The van der Waals surface area contributed by atoms with Crippen molar-refractivity contribution in [1.29, 1.82) is 0 Å². The van der Waals surface area contributed by atoms with Crippen molar-refractivity contribution in [2.45, 2.75) is 44.8 Å². The average molecular weight is 564 g/mol. The molecule has 1 aliphatic rings. The Morgan fingerprint density at radius 1 is 1.21 bits per heavy atom. The van der Waals surface area contributed by atoms with Gasteiger partial charge < -0.3 is 19.6 Å². The van der Waals surface area contributed by atoms with Gasteiger partial charge in [-0.15, -0.1) is 0 Å². The summed E-state index contributed by atoms with van der Waals surface area (Å²) in [5, 5.41) is 10.5. The van der Waals surface area contributed by atoms with E-state index in [4.69, 9.17) is 23.2 Å². The second-order valence-electron chi connectivity index (χ2n) is 9.75. The summed E-state index contributed by atoms with van der Waals surface area (Å²) in [5.74, 6) is 0.238. The molecule has 202 valence electrons. The fourth-order valence-corrected chi connectivity index (χ4v) is 5.29. The number of nitrogens with zero attached hydrogens (tertiary/aromatic N) is 3. The van der Waals surface area contributed by atoms with Gasteiger partial charge in [0.1, 0.15) is 11.6 Å². The first-order valence-electron chi connectivity index (χ1n) is 12.2. The first kappa shape index (κ1) is 28.1. The lowest BCUT2D eigenvalue weighted by molar-refractivity contribution is -0.122. The molecule has 1 N–H and O–H groups in total. The van der Waals surface area contributed by atoms with E-state index in [1.54, 1.807) is 39.2 Å². The number of hydrogen-bond acceptors (Lipinski definition) is 5. The van der Waals surface area contributed by atoms with Crippen molar-refractivity contribution in [1.82, 2.24) is 4.98 Å². The van der Waals surface area contributed by atoms with Crippen LogP contribution < -0.4 is 14.5 Å². The number of hydrogen-bond donors (Lipinski definition) is 1. The molecule has 4 rings (SSSR count). The number of aliphatic hydroxyl groups is 1.